The molecule has 0 bridgehead atoms. The van der Waals surface area contributed by atoms with E-state index >= 15 is 0 Å². The van der Waals surface area contributed by atoms with Crippen molar-refractivity contribution in [3.63, 3.8) is 0 Å². The first kappa shape index (κ1) is 23.9. The normalized spacial score (nSPS) is 11.8. The number of sulfonamides is 1. The molecule has 1 N–H and O–H groups in total. The van der Waals surface area contributed by atoms with Crippen molar-refractivity contribution in [2.75, 3.05) is 6.54 Å². The van der Waals surface area contributed by atoms with Crippen LogP contribution >= 0.6 is 23.2 Å². The number of carbonyl (C=O) groups excluding carboxylic acids is 1. The van der Waals surface area contributed by atoms with E-state index in [1.165, 1.54) is 48.7 Å². The van der Waals surface area contributed by atoms with E-state index in [0.717, 1.165) is 4.31 Å². The van der Waals surface area contributed by atoms with Crippen LogP contribution in [0.1, 0.15) is 11.1 Å². The molecular weight excluding hydrogens is 476 g/mol. The molecule has 10 heteroatoms. The molecule has 0 aliphatic rings. The lowest BCUT2D eigenvalue weighted by Gasteiger charge is -2.22. The maximum absolute atomic E-state index is 13.2. The average Bonchev–Trinajstić information content (AvgIpc) is 2.77. The van der Waals surface area contributed by atoms with E-state index in [0.29, 0.717) is 16.1 Å². The molecular formula is C22H18Cl2FN3O3S. The highest BCUT2D eigenvalue weighted by Crippen LogP contribution is 2.25. The van der Waals surface area contributed by atoms with E-state index in [1.807, 2.05) is 0 Å². The zero-order valence-electron chi connectivity index (χ0n) is 16.6. The van der Waals surface area contributed by atoms with Crippen molar-refractivity contribution in [3.8, 4) is 0 Å². The summed E-state index contributed by atoms with van der Waals surface area (Å²) in [6, 6.07) is 17.9. The SMILES string of the molecule is O=C(CN(Cc1ccc(Cl)cc1Cl)S(=O)(=O)c1ccccc1)N/N=C\c1ccc(F)cc1. The Labute approximate surface area is 195 Å². The summed E-state index contributed by atoms with van der Waals surface area (Å²) in [6.07, 6.45) is 1.32. The quantitative estimate of drug-likeness (QED) is 0.371. The summed E-state index contributed by atoms with van der Waals surface area (Å²) in [6.45, 7) is -0.654. The second-order valence-corrected chi connectivity index (χ2v) is 9.45. The van der Waals surface area contributed by atoms with Crippen molar-refractivity contribution in [1.82, 2.24) is 9.73 Å². The predicted molar refractivity (Wildman–Crippen MR) is 123 cm³/mol. The van der Waals surface area contributed by atoms with E-state index in [-0.39, 0.29) is 16.5 Å². The van der Waals surface area contributed by atoms with Crippen LogP contribution in [0, 0.1) is 5.82 Å². The number of nitrogens with zero attached hydrogens (tertiary/aromatic N) is 2. The average molecular weight is 494 g/mol. The largest absolute Gasteiger partial charge is 0.272 e. The van der Waals surface area contributed by atoms with Crippen molar-refractivity contribution in [2.24, 2.45) is 5.10 Å². The summed E-state index contributed by atoms with van der Waals surface area (Å²) in [5.74, 6) is -1.05. The summed E-state index contributed by atoms with van der Waals surface area (Å²) >= 11 is 12.1. The molecule has 6 nitrogen and oxygen atoms in total. The van der Waals surface area contributed by atoms with Gasteiger partial charge in [0.25, 0.3) is 5.91 Å². The fourth-order valence-electron chi connectivity index (χ4n) is 2.73. The fraction of sp³-hybridized carbons (Fsp3) is 0.0909. The number of hydrazone groups is 1. The van der Waals surface area contributed by atoms with Gasteiger partial charge in [0.1, 0.15) is 5.82 Å². The molecule has 32 heavy (non-hydrogen) atoms. The third kappa shape index (κ3) is 6.37. The molecule has 0 aliphatic carbocycles. The highest BCUT2D eigenvalue weighted by atomic mass is 35.5. The fourth-order valence-corrected chi connectivity index (χ4v) is 4.59. The van der Waals surface area contributed by atoms with E-state index in [4.69, 9.17) is 23.2 Å². The van der Waals surface area contributed by atoms with Crippen LogP contribution in [0.4, 0.5) is 4.39 Å². The van der Waals surface area contributed by atoms with Crippen LogP contribution in [0.15, 0.2) is 82.8 Å². The summed E-state index contributed by atoms with van der Waals surface area (Å²) in [4.78, 5) is 12.5. The molecule has 0 radical (unpaired) electrons. The van der Waals surface area contributed by atoms with Crippen LogP contribution in [-0.4, -0.2) is 31.4 Å². The first-order valence-corrected chi connectivity index (χ1v) is 11.5. The maximum atomic E-state index is 13.2. The Morgan fingerprint density at radius 3 is 2.38 bits per heavy atom. The zero-order chi connectivity index (χ0) is 23.1. The molecule has 0 unspecified atom stereocenters. The van der Waals surface area contributed by atoms with Gasteiger partial charge in [0, 0.05) is 16.6 Å². The molecule has 3 rings (SSSR count). The van der Waals surface area contributed by atoms with Gasteiger partial charge in [-0.15, -0.1) is 0 Å². The van der Waals surface area contributed by atoms with E-state index in [1.54, 1.807) is 30.3 Å². The Morgan fingerprint density at radius 2 is 1.72 bits per heavy atom. The van der Waals surface area contributed by atoms with Gasteiger partial charge in [0.05, 0.1) is 17.7 Å². The lowest BCUT2D eigenvalue weighted by atomic mass is 10.2. The van der Waals surface area contributed by atoms with Crippen molar-refractivity contribution < 1.29 is 17.6 Å². The van der Waals surface area contributed by atoms with Gasteiger partial charge in [-0.05, 0) is 47.5 Å². The molecule has 1 amide bonds. The summed E-state index contributed by atoms with van der Waals surface area (Å²) < 4.78 is 40.3. The first-order chi connectivity index (χ1) is 15.3. The third-order valence-corrected chi connectivity index (χ3v) is 6.73. The molecule has 0 aromatic heterocycles. The molecule has 3 aromatic carbocycles. The molecule has 0 atom stereocenters. The first-order valence-electron chi connectivity index (χ1n) is 9.32. The lowest BCUT2D eigenvalue weighted by Crippen LogP contribution is -2.39. The molecule has 0 heterocycles. The standard InChI is InChI=1S/C22H18Cl2FN3O3S/c23-18-9-8-17(21(24)12-18)14-28(32(30,31)20-4-2-1-3-5-20)15-22(29)27-26-13-16-6-10-19(25)11-7-16/h1-13H,14-15H2,(H,27,29)/b26-13-. The van der Waals surface area contributed by atoms with Gasteiger partial charge in [0.2, 0.25) is 10.0 Å². The van der Waals surface area contributed by atoms with Gasteiger partial charge >= 0.3 is 0 Å². The Bertz CT molecular complexity index is 1220. The predicted octanol–water partition coefficient (Wildman–Crippen LogP) is 4.47. The summed E-state index contributed by atoms with van der Waals surface area (Å²) in [7, 11) is -4.02. The van der Waals surface area contributed by atoms with Crippen LogP contribution in [0.2, 0.25) is 10.0 Å². The van der Waals surface area contributed by atoms with Gasteiger partial charge in [0.15, 0.2) is 0 Å². The third-order valence-electron chi connectivity index (χ3n) is 4.34. The molecule has 166 valence electrons. The Balaban J connectivity index is 1.80. The zero-order valence-corrected chi connectivity index (χ0v) is 18.9. The number of hydrogen-bond acceptors (Lipinski definition) is 4. The second-order valence-electron chi connectivity index (χ2n) is 6.67. The molecule has 0 saturated carbocycles. The summed E-state index contributed by atoms with van der Waals surface area (Å²) in [5, 5.41) is 4.49. The van der Waals surface area contributed by atoms with Crippen LogP contribution in [0.25, 0.3) is 0 Å². The van der Waals surface area contributed by atoms with Crippen LogP contribution < -0.4 is 5.43 Å². The molecule has 0 spiro atoms. The number of nitrogens with one attached hydrogen (secondary N) is 1. The van der Waals surface area contributed by atoms with Gasteiger partial charge in [-0.1, -0.05) is 59.6 Å². The molecule has 3 aromatic rings. The highest BCUT2D eigenvalue weighted by molar-refractivity contribution is 7.89. The van der Waals surface area contributed by atoms with Crippen molar-refractivity contribution in [3.05, 3.63) is 99.8 Å². The topological polar surface area (TPSA) is 78.8 Å². The number of halogens is 3. The minimum atomic E-state index is -4.02. The van der Waals surface area contributed by atoms with E-state index in [2.05, 4.69) is 10.5 Å². The van der Waals surface area contributed by atoms with Crippen LogP contribution in [0.3, 0.4) is 0 Å². The number of hydrogen-bond donors (Lipinski definition) is 1. The lowest BCUT2D eigenvalue weighted by molar-refractivity contribution is -0.121. The van der Waals surface area contributed by atoms with Gasteiger partial charge in [-0.3, -0.25) is 4.79 Å². The van der Waals surface area contributed by atoms with Gasteiger partial charge in [-0.25, -0.2) is 18.2 Å². The van der Waals surface area contributed by atoms with Gasteiger partial charge < -0.3 is 0 Å². The number of benzene rings is 3. The van der Waals surface area contributed by atoms with Crippen LogP contribution in [-0.2, 0) is 21.4 Å². The van der Waals surface area contributed by atoms with E-state index in [9.17, 15) is 17.6 Å². The monoisotopic (exact) mass is 493 g/mol. The maximum Gasteiger partial charge on any atom is 0.255 e. The minimum Gasteiger partial charge on any atom is -0.272 e. The molecule has 0 aliphatic heterocycles. The second kappa shape index (κ2) is 10.7. The van der Waals surface area contributed by atoms with Crippen LogP contribution in [0.5, 0.6) is 0 Å². The van der Waals surface area contributed by atoms with Crippen molar-refractivity contribution >= 4 is 45.3 Å². The van der Waals surface area contributed by atoms with Gasteiger partial charge in [-0.2, -0.15) is 9.41 Å². The van der Waals surface area contributed by atoms with Crippen molar-refractivity contribution in [2.45, 2.75) is 11.4 Å². The van der Waals surface area contributed by atoms with E-state index < -0.39 is 28.3 Å². The Hall–Kier alpha value is -2.78. The Kier molecular flexibility index (Phi) is 7.98. The smallest absolute Gasteiger partial charge is 0.255 e. The molecule has 0 fully saturated rings. The number of amides is 1. The molecule has 0 saturated heterocycles. The highest BCUT2D eigenvalue weighted by Gasteiger charge is 2.27. The number of carbonyl (C=O) groups is 1. The van der Waals surface area contributed by atoms with Crippen molar-refractivity contribution in [1.29, 1.82) is 0 Å². The Morgan fingerprint density at radius 1 is 1.03 bits per heavy atom. The number of rotatable bonds is 8. The minimum absolute atomic E-state index is 0.0349. The summed E-state index contributed by atoms with van der Waals surface area (Å²) in [5.41, 5.74) is 3.33.